The molecule has 1 rings (SSSR count). The highest BCUT2D eigenvalue weighted by atomic mass is 127. The minimum absolute atomic E-state index is 0. The first kappa shape index (κ1) is 26.9. The summed E-state index contributed by atoms with van der Waals surface area (Å²) in [5, 5.41) is 5.80. The number of hydrogen-bond acceptors (Lipinski definition) is 4. The molecule has 0 heterocycles. The zero-order valence-corrected chi connectivity index (χ0v) is 18.6. The first-order chi connectivity index (χ1) is 12.5. The number of nitrogens with zero attached hydrogens (tertiary/aromatic N) is 1. The van der Waals surface area contributed by atoms with Gasteiger partial charge in [-0.3, -0.25) is 4.99 Å². The summed E-state index contributed by atoms with van der Waals surface area (Å²) >= 11 is 0. The molecule has 0 saturated heterocycles. The Morgan fingerprint density at radius 2 is 1.89 bits per heavy atom. The third-order valence-corrected chi connectivity index (χ3v) is 4.11. The molecule has 0 fully saturated rings. The number of aliphatic imine (C=N–C) groups is 1. The van der Waals surface area contributed by atoms with E-state index < -0.39 is 28.4 Å². The lowest BCUT2D eigenvalue weighted by Crippen LogP contribution is -2.37. The third-order valence-electron chi connectivity index (χ3n) is 3.28. The van der Waals surface area contributed by atoms with Crippen molar-refractivity contribution >= 4 is 39.8 Å². The SMILES string of the molecule is CN=C(NCCCOCC(F)(F)F)NCc1cc(F)ccc1CS(C)(=O)=O.I. The lowest BCUT2D eigenvalue weighted by Gasteiger charge is -2.14. The summed E-state index contributed by atoms with van der Waals surface area (Å²) in [5.74, 6) is -0.360. The van der Waals surface area contributed by atoms with E-state index in [-0.39, 0.29) is 42.9 Å². The van der Waals surface area contributed by atoms with Gasteiger partial charge in [0.25, 0.3) is 0 Å². The van der Waals surface area contributed by atoms with Crippen molar-refractivity contribution in [2.24, 2.45) is 4.99 Å². The maximum absolute atomic E-state index is 13.5. The van der Waals surface area contributed by atoms with Crippen LogP contribution in [0, 0.1) is 5.82 Å². The van der Waals surface area contributed by atoms with Gasteiger partial charge in [-0.05, 0) is 29.7 Å². The average molecular weight is 541 g/mol. The molecule has 0 bridgehead atoms. The predicted molar refractivity (Wildman–Crippen MR) is 110 cm³/mol. The van der Waals surface area contributed by atoms with Gasteiger partial charge < -0.3 is 15.4 Å². The number of rotatable bonds is 9. The van der Waals surface area contributed by atoms with Crippen molar-refractivity contribution in [3.8, 4) is 0 Å². The van der Waals surface area contributed by atoms with Gasteiger partial charge in [-0.15, -0.1) is 24.0 Å². The number of sulfone groups is 1. The lowest BCUT2D eigenvalue weighted by molar-refractivity contribution is -0.173. The van der Waals surface area contributed by atoms with Crippen molar-refractivity contribution in [3.05, 3.63) is 35.1 Å². The maximum Gasteiger partial charge on any atom is 0.411 e. The quantitative estimate of drug-likeness (QED) is 0.165. The Bertz CT molecular complexity index is 743. The highest BCUT2D eigenvalue weighted by Crippen LogP contribution is 2.15. The van der Waals surface area contributed by atoms with Crippen molar-refractivity contribution in [2.75, 3.05) is 33.1 Å². The zero-order chi connectivity index (χ0) is 20.5. The molecule has 28 heavy (non-hydrogen) atoms. The van der Waals surface area contributed by atoms with Crippen LogP contribution in [0.2, 0.25) is 0 Å². The number of halogens is 5. The van der Waals surface area contributed by atoms with Crippen molar-refractivity contribution in [1.82, 2.24) is 10.6 Å². The van der Waals surface area contributed by atoms with Gasteiger partial charge in [-0.1, -0.05) is 6.07 Å². The first-order valence-corrected chi connectivity index (χ1v) is 10.1. The zero-order valence-electron chi connectivity index (χ0n) is 15.5. The molecular formula is C16H24F4IN3O3S. The van der Waals surface area contributed by atoms with E-state index in [9.17, 15) is 26.0 Å². The highest BCUT2D eigenvalue weighted by Gasteiger charge is 2.27. The molecule has 0 atom stereocenters. The molecule has 0 amide bonds. The number of hydrogen-bond donors (Lipinski definition) is 2. The predicted octanol–water partition coefficient (Wildman–Crippen LogP) is 2.62. The van der Waals surface area contributed by atoms with E-state index in [1.165, 1.54) is 25.2 Å². The van der Waals surface area contributed by atoms with E-state index in [2.05, 4.69) is 20.4 Å². The van der Waals surface area contributed by atoms with Gasteiger partial charge in [0, 0.05) is 33.0 Å². The normalized spacial score (nSPS) is 12.4. The van der Waals surface area contributed by atoms with Gasteiger partial charge in [-0.2, -0.15) is 13.2 Å². The van der Waals surface area contributed by atoms with Gasteiger partial charge >= 0.3 is 6.18 Å². The highest BCUT2D eigenvalue weighted by molar-refractivity contribution is 14.0. The Morgan fingerprint density at radius 1 is 1.21 bits per heavy atom. The van der Waals surface area contributed by atoms with Gasteiger partial charge in [0.15, 0.2) is 15.8 Å². The Balaban J connectivity index is 0.00000729. The summed E-state index contributed by atoms with van der Waals surface area (Å²) < 4.78 is 76.8. The molecule has 0 saturated carbocycles. The van der Waals surface area contributed by atoms with E-state index in [1.807, 2.05) is 0 Å². The molecule has 1 aromatic rings. The van der Waals surface area contributed by atoms with Crippen molar-refractivity contribution in [3.63, 3.8) is 0 Å². The molecule has 12 heteroatoms. The molecule has 1 aromatic carbocycles. The fourth-order valence-electron chi connectivity index (χ4n) is 2.15. The molecule has 0 aromatic heterocycles. The number of nitrogens with one attached hydrogen (secondary N) is 2. The minimum Gasteiger partial charge on any atom is -0.372 e. The first-order valence-electron chi connectivity index (χ1n) is 8.04. The van der Waals surface area contributed by atoms with E-state index in [0.717, 1.165) is 6.26 Å². The largest absolute Gasteiger partial charge is 0.411 e. The van der Waals surface area contributed by atoms with Crippen LogP contribution >= 0.6 is 24.0 Å². The van der Waals surface area contributed by atoms with E-state index >= 15 is 0 Å². The van der Waals surface area contributed by atoms with Crippen LogP contribution in [0.15, 0.2) is 23.2 Å². The monoisotopic (exact) mass is 541 g/mol. The van der Waals surface area contributed by atoms with Crippen molar-refractivity contribution in [2.45, 2.75) is 24.9 Å². The second-order valence-corrected chi connectivity index (χ2v) is 8.00. The fraction of sp³-hybridized carbons (Fsp3) is 0.562. The topological polar surface area (TPSA) is 79.8 Å². The van der Waals surface area contributed by atoms with Gasteiger partial charge in [-0.25, -0.2) is 12.8 Å². The summed E-state index contributed by atoms with van der Waals surface area (Å²) in [6.07, 6.45) is -2.93. The fourth-order valence-corrected chi connectivity index (χ4v) is 3.00. The number of alkyl halides is 3. The number of benzene rings is 1. The van der Waals surface area contributed by atoms with Crippen molar-refractivity contribution in [1.29, 1.82) is 0 Å². The van der Waals surface area contributed by atoms with Gasteiger partial charge in [0.05, 0.1) is 5.75 Å². The summed E-state index contributed by atoms with van der Waals surface area (Å²) in [6, 6.07) is 3.85. The van der Waals surface area contributed by atoms with Crippen LogP contribution in [-0.2, 0) is 26.9 Å². The van der Waals surface area contributed by atoms with Gasteiger partial charge in [0.1, 0.15) is 12.4 Å². The third kappa shape index (κ3) is 12.3. The molecule has 0 aliphatic rings. The van der Waals surface area contributed by atoms with Crippen LogP contribution in [0.4, 0.5) is 17.6 Å². The molecule has 0 radical (unpaired) electrons. The molecule has 0 unspecified atom stereocenters. The van der Waals surface area contributed by atoms with Crippen LogP contribution in [0.5, 0.6) is 0 Å². The van der Waals surface area contributed by atoms with Crippen LogP contribution in [0.25, 0.3) is 0 Å². The molecule has 0 aliphatic carbocycles. The van der Waals surface area contributed by atoms with E-state index in [1.54, 1.807) is 0 Å². The molecule has 162 valence electrons. The van der Waals surface area contributed by atoms with E-state index in [0.29, 0.717) is 30.1 Å². The average Bonchev–Trinajstić information content (AvgIpc) is 2.53. The Labute approximate surface area is 179 Å². The van der Waals surface area contributed by atoms with Crippen LogP contribution in [0.3, 0.4) is 0 Å². The Morgan fingerprint density at radius 3 is 2.46 bits per heavy atom. The second kappa shape index (κ2) is 12.4. The summed E-state index contributed by atoms with van der Waals surface area (Å²) in [4.78, 5) is 3.95. The van der Waals surface area contributed by atoms with Crippen LogP contribution < -0.4 is 10.6 Å². The van der Waals surface area contributed by atoms with E-state index in [4.69, 9.17) is 0 Å². The molecule has 0 aliphatic heterocycles. The lowest BCUT2D eigenvalue weighted by atomic mass is 10.1. The summed E-state index contributed by atoms with van der Waals surface area (Å²) in [5.41, 5.74) is 0.944. The molecular weight excluding hydrogens is 517 g/mol. The Kier molecular flexibility index (Phi) is 11.9. The smallest absolute Gasteiger partial charge is 0.372 e. The molecule has 0 spiro atoms. The second-order valence-electron chi connectivity index (χ2n) is 5.86. The standard InChI is InChI=1S/C16H23F4N3O3S.HI/c1-21-15(22-6-3-7-26-11-16(18,19)20)23-9-13-8-14(17)5-4-12(13)10-27(2,24)25;/h4-5,8H,3,6-7,9-11H2,1-2H3,(H2,21,22,23);1H. The van der Waals surface area contributed by atoms with Crippen molar-refractivity contribution < 1.29 is 30.7 Å². The molecule has 2 N–H and O–H groups in total. The number of ether oxygens (including phenoxy) is 1. The molecule has 6 nitrogen and oxygen atoms in total. The maximum atomic E-state index is 13.5. The Hall–Kier alpha value is -1.15. The van der Waals surface area contributed by atoms with Crippen LogP contribution in [0.1, 0.15) is 17.5 Å². The minimum atomic E-state index is -4.35. The van der Waals surface area contributed by atoms with Crippen LogP contribution in [-0.4, -0.2) is 53.6 Å². The van der Waals surface area contributed by atoms with Gasteiger partial charge in [0.2, 0.25) is 0 Å². The summed E-state index contributed by atoms with van der Waals surface area (Å²) in [6.45, 7) is -0.904. The summed E-state index contributed by atoms with van der Waals surface area (Å²) in [7, 11) is -1.78. The number of guanidine groups is 1.